The van der Waals surface area contributed by atoms with Gasteiger partial charge in [0.2, 0.25) is 0 Å². The van der Waals surface area contributed by atoms with Crippen molar-refractivity contribution in [3.63, 3.8) is 0 Å². The Morgan fingerprint density at radius 2 is 0.867 bits per heavy atom. The number of aromatic nitrogens is 4. The maximum atomic E-state index is 12.6. The van der Waals surface area contributed by atoms with Gasteiger partial charge in [0.1, 0.15) is 13.7 Å². The summed E-state index contributed by atoms with van der Waals surface area (Å²) in [6.45, 7) is 32.6. The molecule has 18 heteroatoms. The van der Waals surface area contributed by atoms with Gasteiger partial charge in [0, 0.05) is 115 Å². The SMILES string of the molecule is CCc1cc(-c2[c-]cc3sc4ccccc4c3c2)ncc1[Si](C)(C)C.C[Si](C)(C)c1ccc(-c2[c-]cc3c(c2)-c2ccccc2S3(=O)=O)nc1.C[Si](C)(C)c1ccc(-c2[c-]cc3c(c2)-c2ccccc2[Si]3(c2ccccc2)c2ccccc2)nc1.Cc1cc(-c2[c-]cc3oc4ccccc4c3c2)ncc1[Si](C)(C)C.[Ir].[Ir].[Ir].[Ir]. The first-order chi connectivity index (χ1) is 52.2. The van der Waals surface area contributed by atoms with E-state index in [0.29, 0.717) is 9.79 Å². The number of hydrogen-bond donors (Lipinski definition) is 0. The predicted octanol–water partition coefficient (Wildman–Crippen LogP) is 19.7. The predicted molar refractivity (Wildman–Crippen MR) is 474 cm³/mol. The molecule has 0 saturated carbocycles. The van der Waals surface area contributed by atoms with Crippen molar-refractivity contribution in [3.05, 3.63) is 303 Å². The van der Waals surface area contributed by atoms with Crippen molar-refractivity contribution in [2.45, 2.75) is 109 Å². The van der Waals surface area contributed by atoms with Gasteiger partial charge < -0.3 is 24.4 Å². The molecule has 4 radical (unpaired) electrons. The standard InChI is InChI=1S/C32H28NSi2.C22H22NSSi.C21H20NOSi.C20H18NO2SSi.4Ir/c1-34(2,3)27-19-20-30(33-23-27)24-18-21-32-29(22-24)28-16-10-11-17-31(28)35(32,25-12-6-4-7-13-25)26-14-8-5-9-15-26;1-5-15-13-19(23-14-22(15)25(2,3)4)16-10-11-21-18(12-16)17-8-6-7-9-20(17)24-21;1-14-11-18(22-13-21(14)24(2,3)4)15-9-10-20-17(12-15)16-7-5-6-8-19(16)23-20;1-25(2,3)15-9-10-18(21-13-15)14-8-11-20-17(12-14)16-6-4-5-7-19(16)24(20,22)23;;;;/h4-17,19-23H,1-3H3;6-9,11-14H,5H2,1-4H3;5-8,10-13H,1-4H3;4-7,9-13H,1-3H3;;;;/q4*-1;;;;. The molecule has 7 nitrogen and oxygen atoms in total. The molecule has 6 aromatic heterocycles. The van der Waals surface area contributed by atoms with E-state index < -0.39 is 50.2 Å². The van der Waals surface area contributed by atoms with Gasteiger partial charge in [-0.05, 0) is 106 Å². The Hall–Kier alpha value is -7.55. The van der Waals surface area contributed by atoms with Crippen molar-refractivity contribution in [1.29, 1.82) is 0 Å². The van der Waals surface area contributed by atoms with Gasteiger partial charge in [0.05, 0.1) is 42.8 Å². The molecule has 0 spiro atoms. The minimum absolute atomic E-state index is 0. The third-order valence-corrected chi connectivity index (χ3v) is 37.3. The zero-order valence-electron chi connectivity index (χ0n) is 65.8. The van der Waals surface area contributed by atoms with E-state index in [9.17, 15) is 8.42 Å². The first kappa shape index (κ1) is 86.3. The fourth-order valence-corrected chi connectivity index (χ4v) is 28.6. The number of fused-ring (bicyclic) bond motifs is 12. The number of pyridine rings is 4. The zero-order chi connectivity index (χ0) is 76.4. The van der Waals surface area contributed by atoms with Crippen LogP contribution in [0.4, 0.5) is 0 Å². The zero-order valence-corrected chi connectivity index (χ0v) is 82.0. The molecule has 0 amide bonds. The monoisotopic (exact) mass is 2310 g/mol. The van der Waals surface area contributed by atoms with Crippen LogP contribution in [0.5, 0.6) is 0 Å². The number of para-hydroxylation sites is 1. The van der Waals surface area contributed by atoms with Crippen LogP contribution in [0.1, 0.15) is 18.1 Å². The van der Waals surface area contributed by atoms with E-state index in [4.69, 9.17) is 19.4 Å². The van der Waals surface area contributed by atoms with Gasteiger partial charge in [0.25, 0.3) is 0 Å². The Kier molecular flexibility index (Phi) is 26.5. The number of benzene rings is 10. The maximum absolute atomic E-state index is 12.6. The van der Waals surface area contributed by atoms with Gasteiger partial charge in [-0.25, -0.2) is 8.42 Å². The van der Waals surface area contributed by atoms with Crippen molar-refractivity contribution in [2.24, 2.45) is 0 Å². The van der Waals surface area contributed by atoms with E-state index in [2.05, 4.69) is 316 Å². The Morgan fingerprint density at radius 1 is 0.381 bits per heavy atom. The van der Waals surface area contributed by atoms with Gasteiger partial charge >= 0.3 is 0 Å². The van der Waals surface area contributed by atoms with E-state index in [-0.39, 0.29) is 80.4 Å². The maximum Gasteiger partial charge on any atom is 0.173 e. The third-order valence-electron chi connectivity index (χ3n) is 21.1. The van der Waals surface area contributed by atoms with Crippen LogP contribution in [0.3, 0.4) is 0 Å². The van der Waals surface area contributed by atoms with Crippen LogP contribution in [0.25, 0.3) is 109 Å². The molecule has 0 N–H and O–H groups in total. The number of nitrogens with zero attached hydrogens (tertiary/aromatic N) is 4. The minimum atomic E-state index is -3.44. The molecule has 2 aliphatic rings. The topological polar surface area (TPSA) is 98.8 Å². The second-order valence-electron chi connectivity index (χ2n) is 32.6. The summed E-state index contributed by atoms with van der Waals surface area (Å²) in [7, 11) is -11.4. The van der Waals surface area contributed by atoms with Crippen molar-refractivity contribution < 1.29 is 93.3 Å². The third kappa shape index (κ3) is 17.2. The summed E-state index contributed by atoms with van der Waals surface area (Å²) in [4.78, 5) is 19.7. The second kappa shape index (κ2) is 34.7. The van der Waals surface area contributed by atoms with Gasteiger partial charge in [-0.3, -0.25) is 0 Å². The van der Waals surface area contributed by atoms with Crippen LogP contribution in [-0.2, 0) is 96.7 Å². The van der Waals surface area contributed by atoms with Crippen LogP contribution >= 0.6 is 11.3 Å². The smallest absolute Gasteiger partial charge is 0.173 e. The molecule has 0 fully saturated rings. The van der Waals surface area contributed by atoms with Gasteiger partial charge in [-0.15, -0.1) is 100 Å². The van der Waals surface area contributed by atoms with Gasteiger partial charge in [-0.2, -0.15) is 11.3 Å². The molecule has 0 atom stereocenters. The largest absolute Gasteiger partial charge is 0.500 e. The number of furan rings is 1. The molecule has 10 aromatic carbocycles. The fourth-order valence-electron chi connectivity index (χ4n) is 15.4. The number of aryl methyl sites for hydroxylation is 2. The van der Waals surface area contributed by atoms with Crippen molar-refractivity contribution in [2.75, 3.05) is 0 Å². The van der Waals surface area contributed by atoms with Crippen molar-refractivity contribution >= 4 is 145 Å². The molecule has 0 unspecified atom stereocenters. The Balaban J connectivity index is 0.000000149. The van der Waals surface area contributed by atoms with E-state index in [0.717, 1.165) is 84.5 Å². The summed E-state index contributed by atoms with van der Waals surface area (Å²) in [6, 6.07) is 98.1. The molecule has 2 aliphatic heterocycles. The van der Waals surface area contributed by atoms with Gasteiger partial charge in [0.15, 0.2) is 9.84 Å². The summed E-state index contributed by atoms with van der Waals surface area (Å²) in [5.74, 6) is 0. The summed E-state index contributed by atoms with van der Waals surface area (Å²) in [5, 5.41) is 16.2. The first-order valence-electron chi connectivity index (χ1n) is 37.4. The molecule has 0 aliphatic carbocycles. The minimum Gasteiger partial charge on any atom is -0.500 e. The van der Waals surface area contributed by atoms with E-state index in [1.54, 1.807) is 18.2 Å². The normalized spacial score (nSPS) is 12.8. The average molecular weight is 2310 g/mol. The van der Waals surface area contributed by atoms with Gasteiger partial charge in [-0.1, -0.05) is 305 Å². The Bertz CT molecular complexity index is 6220. The van der Waals surface area contributed by atoms with Crippen molar-refractivity contribution in [3.8, 4) is 67.3 Å². The molecule has 16 aromatic rings. The van der Waals surface area contributed by atoms with Crippen LogP contribution in [0.15, 0.2) is 282 Å². The molecule has 113 heavy (non-hydrogen) atoms. The van der Waals surface area contributed by atoms with E-state index in [1.165, 1.54) is 83.9 Å². The average Bonchev–Trinajstić information content (AvgIpc) is 1.56. The Labute approximate surface area is 729 Å². The number of hydrogen-bond acceptors (Lipinski definition) is 8. The van der Waals surface area contributed by atoms with Crippen LogP contribution in [0.2, 0.25) is 78.6 Å². The summed E-state index contributed by atoms with van der Waals surface area (Å²) in [5.41, 5.74) is 16.5. The number of rotatable bonds is 11. The summed E-state index contributed by atoms with van der Waals surface area (Å²) >= 11 is 1.83. The quantitative estimate of drug-likeness (QED) is 0.0939. The summed E-state index contributed by atoms with van der Waals surface area (Å²) in [6.07, 6.45) is 9.24. The molecular weight excluding hydrogens is 2220 g/mol. The van der Waals surface area contributed by atoms with Crippen molar-refractivity contribution in [1.82, 2.24) is 19.9 Å². The molecule has 0 saturated heterocycles. The molecule has 578 valence electrons. The second-order valence-corrected chi connectivity index (χ2v) is 59.5. The summed E-state index contributed by atoms with van der Waals surface area (Å²) < 4.78 is 33.8. The molecule has 0 bridgehead atoms. The molecular formula is C95H88Ir4N4O3S2Si5-4. The van der Waals surface area contributed by atoms with Crippen LogP contribution < -0.4 is 41.5 Å². The van der Waals surface area contributed by atoms with E-state index in [1.807, 2.05) is 66.1 Å². The molecule has 8 heterocycles. The first-order valence-corrected chi connectivity index (χ1v) is 55.7. The van der Waals surface area contributed by atoms with Crippen LogP contribution in [0, 0.1) is 31.2 Å². The number of sulfone groups is 1. The fraction of sp³-hybridized carbons (Fsp3) is 0.158. The van der Waals surface area contributed by atoms with Crippen LogP contribution in [-0.4, -0.2) is 68.7 Å². The number of thiophene rings is 1. The Morgan fingerprint density at radius 3 is 1.45 bits per heavy atom. The van der Waals surface area contributed by atoms with E-state index >= 15 is 0 Å². The molecule has 18 rings (SSSR count).